The van der Waals surface area contributed by atoms with Crippen LogP contribution in [-0.2, 0) is 55.6 Å². The Morgan fingerprint density at radius 3 is 2.11 bits per heavy atom. The SMILES string of the molecule is C/C=C1/[C@H](O[C@@H]2O[C@@H](CO)[C@H](O)[C@H](O[C@@H]3O[C@H](CO)[C@@H](O)[C@H](O)[C@H]3O)[C@@H]2O)OC=C2C(=O)OCCc3ccc(cc3)Oc3cc(ccc3O)CCOC(=O)C[C@H]21. The molecule has 18 heteroatoms. The van der Waals surface area contributed by atoms with Crippen molar-refractivity contribution in [2.75, 3.05) is 26.4 Å². The largest absolute Gasteiger partial charge is 0.504 e. The van der Waals surface area contributed by atoms with Gasteiger partial charge in [-0.1, -0.05) is 24.3 Å². The molecule has 2 aromatic carbocycles. The van der Waals surface area contributed by atoms with Gasteiger partial charge in [0.05, 0.1) is 44.7 Å². The summed E-state index contributed by atoms with van der Waals surface area (Å²) in [7, 11) is 0. The number of fused-ring (bicyclic) bond motifs is 9. The van der Waals surface area contributed by atoms with Gasteiger partial charge in [0.15, 0.2) is 24.1 Å². The van der Waals surface area contributed by atoms with Gasteiger partial charge in [-0.25, -0.2) is 4.79 Å². The Kier molecular flexibility index (Phi) is 13.6. The van der Waals surface area contributed by atoms with E-state index in [9.17, 15) is 50.4 Å². The summed E-state index contributed by atoms with van der Waals surface area (Å²) in [5.41, 5.74) is 1.73. The first kappa shape index (κ1) is 41.5. The van der Waals surface area contributed by atoms with E-state index in [0.29, 0.717) is 17.7 Å². The van der Waals surface area contributed by atoms with E-state index in [2.05, 4.69) is 0 Å². The van der Waals surface area contributed by atoms with Gasteiger partial charge in [0.25, 0.3) is 0 Å². The standard InChI is InChI=1S/C38H46O18/c1-2-21-22-14-28(42)49-11-10-19-5-8-24(41)25(13-19)52-20-6-3-18(4-7-20)9-12-50-35(48)23(22)17-51-36(21)56-38-33(47)34(30(44)27(16-40)54-38)55-37-32(46)31(45)29(43)26(15-39)53-37/h2-8,13,17,22,26-27,29-34,36-41,43-47H,9-12,14-16H2,1H3/b21-2+/t22-,26+,27-,29+,30-,31-,32+,33-,34-,36-,37-,38-/m0/s1. The van der Waals surface area contributed by atoms with Gasteiger partial charge in [0.1, 0.15) is 54.6 Å². The average Bonchev–Trinajstić information content (AvgIpc) is 3.19. The monoisotopic (exact) mass is 790 g/mol. The molecule has 2 aromatic rings. The van der Waals surface area contributed by atoms with Crippen LogP contribution >= 0.6 is 0 Å². The van der Waals surface area contributed by atoms with Crippen molar-refractivity contribution < 1.29 is 88.3 Å². The summed E-state index contributed by atoms with van der Waals surface area (Å²) >= 11 is 0. The highest BCUT2D eigenvalue weighted by atomic mass is 16.8. The summed E-state index contributed by atoms with van der Waals surface area (Å²) in [6.45, 7) is -0.0548. The number of rotatable bonds is 6. The van der Waals surface area contributed by atoms with Crippen molar-refractivity contribution in [2.24, 2.45) is 5.92 Å². The van der Waals surface area contributed by atoms with E-state index in [1.165, 1.54) is 12.1 Å². The number of esters is 2. The van der Waals surface area contributed by atoms with Crippen molar-refractivity contribution in [1.82, 2.24) is 0 Å². The molecule has 0 spiro atoms. The van der Waals surface area contributed by atoms with Crippen LogP contribution in [0.1, 0.15) is 24.5 Å². The number of aliphatic hydroxyl groups excluding tert-OH is 7. The molecule has 0 aromatic heterocycles. The molecule has 2 saturated heterocycles. The lowest BCUT2D eigenvalue weighted by atomic mass is 9.86. The maximum atomic E-state index is 13.5. The Hall–Kier alpha value is -4.18. The van der Waals surface area contributed by atoms with E-state index in [4.69, 9.17) is 37.9 Å². The van der Waals surface area contributed by atoms with Gasteiger partial charge in [0, 0.05) is 24.3 Å². The highest BCUT2D eigenvalue weighted by Gasteiger charge is 2.52. The molecule has 2 fully saturated rings. The van der Waals surface area contributed by atoms with Crippen molar-refractivity contribution in [3.63, 3.8) is 0 Å². The molecule has 8 N–H and O–H groups in total. The molecule has 4 bridgehead atoms. The van der Waals surface area contributed by atoms with Crippen molar-refractivity contribution in [1.29, 1.82) is 0 Å². The number of ether oxygens (including phenoxy) is 8. The highest BCUT2D eigenvalue weighted by molar-refractivity contribution is 5.91. The van der Waals surface area contributed by atoms with Gasteiger partial charge in [-0.2, -0.15) is 0 Å². The third kappa shape index (κ3) is 9.17. The molecular weight excluding hydrogens is 744 g/mol. The number of aromatic hydroxyl groups is 1. The Labute approximate surface area is 320 Å². The van der Waals surface area contributed by atoms with Crippen LogP contribution in [0, 0.1) is 5.92 Å². The lowest BCUT2D eigenvalue weighted by molar-refractivity contribution is -0.369. The quantitative estimate of drug-likeness (QED) is 0.132. The molecule has 5 heterocycles. The van der Waals surface area contributed by atoms with Gasteiger partial charge in [-0.15, -0.1) is 0 Å². The molecule has 0 saturated carbocycles. The summed E-state index contributed by atoms with van der Waals surface area (Å²) in [6, 6.07) is 11.8. The molecule has 0 unspecified atom stereocenters. The Morgan fingerprint density at radius 1 is 0.768 bits per heavy atom. The van der Waals surface area contributed by atoms with Crippen LogP contribution in [0.2, 0.25) is 0 Å². The van der Waals surface area contributed by atoms with Gasteiger partial charge in [-0.05, 0) is 42.3 Å². The number of phenols is 1. The first-order valence-electron chi connectivity index (χ1n) is 18.1. The molecule has 5 aliphatic rings. The number of aliphatic hydroxyl groups is 7. The fourth-order valence-corrected chi connectivity index (χ4v) is 6.79. The van der Waals surface area contributed by atoms with Crippen molar-refractivity contribution in [3.05, 3.63) is 77.1 Å². The van der Waals surface area contributed by atoms with E-state index in [1.54, 1.807) is 43.3 Å². The fraction of sp³-hybridized carbons (Fsp3) is 0.526. The Morgan fingerprint density at radius 2 is 1.41 bits per heavy atom. The molecule has 12 atom stereocenters. The zero-order chi connectivity index (χ0) is 40.1. The fourth-order valence-electron chi connectivity index (χ4n) is 6.79. The number of allylic oxidation sites excluding steroid dienone is 1. The lowest BCUT2D eigenvalue weighted by Gasteiger charge is -2.46. The van der Waals surface area contributed by atoms with Crippen LogP contribution in [0.25, 0.3) is 0 Å². The predicted molar refractivity (Wildman–Crippen MR) is 186 cm³/mol. The Bertz CT molecular complexity index is 1730. The average molecular weight is 791 g/mol. The van der Waals surface area contributed by atoms with Crippen molar-refractivity contribution in [2.45, 2.75) is 93.9 Å². The van der Waals surface area contributed by atoms with Gasteiger partial charge < -0.3 is 78.7 Å². The second kappa shape index (κ2) is 18.4. The maximum absolute atomic E-state index is 13.5. The first-order valence-corrected chi connectivity index (χ1v) is 18.1. The number of phenolic OH excluding ortho intramolecular Hbond substituents is 1. The smallest absolute Gasteiger partial charge is 0.337 e. The van der Waals surface area contributed by atoms with Gasteiger partial charge in [0.2, 0.25) is 6.29 Å². The molecule has 5 aliphatic heterocycles. The highest BCUT2D eigenvalue weighted by Crippen LogP contribution is 2.38. The number of hydrogen-bond donors (Lipinski definition) is 8. The van der Waals surface area contributed by atoms with E-state index in [-0.39, 0.29) is 48.7 Å². The first-order chi connectivity index (χ1) is 26.9. The molecule has 306 valence electrons. The summed E-state index contributed by atoms with van der Waals surface area (Å²) in [5.74, 6) is -1.88. The van der Waals surface area contributed by atoms with Crippen LogP contribution in [0.5, 0.6) is 17.2 Å². The summed E-state index contributed by atoms with van der Waals surface area (Å²) in [5, 5.41) is 83.1. The minimum absolute atomic E-state index is 0.0302. The van der Waals surface area contributed by atoms with Gasteiger partial charge in [-0.3, -0.25) is 4.79 Å². The third-order valence-corrected chi connectivity index (χ3v) is 9.98. The van der Waals surface area contributed by atoms with Crippen molar-refractivity contribution >= 4 is 11.9 Å². The van der Waals surface area contributed by atoms with Crippen LogP contribution < -0.4 is 4.74 Å². The summed E-state index contributed by atoms with van der Waals surface area (Å²) < 4.78 is 45.5. The van der Waals surface area contributed by atoms with E-state index < -0.39 is 98.8 Å². The Balaban J connectivity index is 1.22. The zero-order valence-electron chi connectivity index (χ0n) is 30.2. The van der Waals surface area contributed by atoms with Crippen LogP contribution in [0.3, 0.4) is 0 Å². The normalized spacial score (nSPS) is 35.1. The molecule has 56 heavy (non-hydrogen) atoms. The molecular formula is C38H46O18. The van der Waals surface area contributed by atoms with E-state index >= 15 is 0 Å². The molecule has 0 radical (unpaired) electrons. The second-order valence-corrected chi connectivity index (χ2v) is 13.6. The minimum atomic E-state index is -1.88. The molecule has 0 amide bonds. The third-order valence-electron chi connectivity index (χ3n) is 9.98. The topological polar surface area (TPSA) is 270 Å². The molecule has 18 nitrogen and oxygen atoms in total. The lowest BCUT2D eigenvalue weighted by Crippen LogP contribution is -2.65. The van der Waals surface area contributed by atoms with E-state index in [1.807, 2.05) is 0 Å². The van der Waals surface area contributed by atoms with Crippen LogP contribution in [-0.4, -0.2) is 147 Å². The molecule has 7 rings (SSSR count). The second-order valence-electron chi connectivity index (χ2n) is 13.6. The predicted octanol–water partition coefficient (Wildman–Crippen LogP) is -0.797. The van der Waals surface area contributed by atoms with Crippen LogP contribution in [0.15, 0.2) is 65.9 Å². The number of hydrogen-bond acceptors (Lipinski definition) is 18. The van der Waals surface area contributed by atoms with Crippen LogP contribution in [0.4, 0.5) is 0 Å². The molecule has 0 aliphatic carbocycles. The summed E-state index contributed by atoms with van der Waals surface area (Å²) in [6.07, 6.45) is -15.6. The minimum Gasteiger partial charge on any atom is -0.504 e. The number of benzene rings is 2. The summed E-state index contributed by atoms with van der Waals surface area (Å²) in [4.78, 5) is 26.8. The van der Waals surface area contributed by atoms with Crippen molar-refractivity contribution in [3.8, 4) is 17.2 Å². The number of carbonyl (C=O) groups excluding carboxylic acids is 2. The zero-order valence-corrected chi connectivity index (χ0v) is 30.2. The van der Waals surface area contributed by atoms with E-state index in [0.717, 1.165) is 11.8 Å². The van der Waals surface area contributed by atoms with Gasteiger partial charge >= 0.3 is 11.9 Å². The maximum Gasteiger partial charge on any atom is 0.337 e. The number of carbonyl (C=O) groups is 2.